The Balaban J connectivity index is 3.53. The Morgan fingerprint density at radius 2 is 2.33 bits per heavy atom. The van der Waals surface area contributed by atoms with Gasteiger partial charge >= 0.3 is 0 Å². The average molecular weight is 130 g/mol. The second kappa shape index (κ2) is 5.79. The summed E-state index contributed by atoms with van der Waals surface area (Å²) in [6.07, 6.45) is 2.93. The Morgan fingerprint density at radius 3 is 2.67 bits per heavy atom. The van der Waals surface area contributed by atoms with Crippen molar-refractivity contribution in [2.75, 3.05) is 20.3 Å². The van der Waals surface area contributed by atoms with E-state index >= 15 is 0 Å². The Bertz CT molecular complexity index is 86.9. The summed E-state index contributed by atoms with van der Waals surface area (Å²) >= 11 is 0. The number of hydrogen-bond acceptors (Lipinski definition) is 2. The van der Waals surface area contributed by atoms with Crippen molar-refractivity contribution in [3.8, 4) is 0 Å². The highest BCUT2D eigenvalue weighted by Crippen LogP contribution is 1.94. The van der Waals surface area contributed by atoms with E-state index in [1.807, 2.05) is 13.0 Å². The highest BCUT2D eigenvalue weighted by molar-refractivity contribution is 5.01. The van der Waals surface area contributed by atoms with Gasteiger partial charge in [-0.3, -0.25) is 0 Å². The highest BCUT2D eigenvalue weighted by Gasteiger charge is 1.90. The van der Waals surface area contributed by atoms with Crippen LogP contribution in [-0.4, -0.2) is 25.4 Å². The molecule has 0 aliphatic rings. The topological polar surface area (TPSA) is 29.5 Å². The molecule has 0 saturated carbocycles. The molecule has 54 valence electrons. The van der Waals surface area contributed by atoms with Gasteiger partial charge in [0, 0.05) is 7.11 Å². The van der Waals surface area contributed by atoms with Crippen LogP contribution in [0, 0.1) is 0 Å². The Labute approximate surface area is 56.1 Å². The van der Waals surface area contributed by atoms with Crippen LogP contribution in [0.4, 0.5) is 0 Å². The number of aliphatic hydroxyl groups is 1. The van der Waals surface area contributed by atoms with Crippen molar-refractivity contribution in [2.24, 2.45) is 0 Å². The number of ether oxygens (including phenoxy) is 1. The van der Waals surface area contributed by atoms with Gasteiger partial charge in [0.1, 0.15) is 0 Å². The summed E-state index contributed by atoms with van der Waals surface area (Å²) in [6.45, 7) is 2.69. The normalized spacial score (nSPS) is 12.1. The largest absolute Gasteiger partial charge is 0.392 e. The molecular formula is C7H14O2. The van der Waals surface area contributed by atoms with Gasteiger partial charge in [-0.2, -0.15) is 0 Å². The molecule has 2 heteroatoms. The van der Waals surface area contributed by atoms with Crippen molar-refractivity contribution >= 4 is 0 Å². The van der Waals surface area contributed by atoms with Gasteiger partial charge < -0.3 is 9.84 Å². The lowest BCUT2D eigenvalue weighted by Gasteiger charge is -1.99. The molecule has 0 atom stereocenters. The molecular weight excluding hydrogens is 116 g/mol. The predicted molar refractivity (Wildman–Crippen MR) is 37.3 cm³/mol. The molecule has 0 amide bonds. The monoisotopic (exact) mass is 130 g/mol. The summed E-state index contributed by atoms with van der Waals surface area (Å²) in [5, 5.41) is 8.64. The van der Waals surface area contributed by atoms with Gasteiger partial charge in [0.25, 0.3) is 0 Å². The van der Waals surface area contributed by atoms with Crippen molar-refractivity contribution in [2.45, 2.75) is 13.3 Å². The summed E-state index contributed by atoms with van der Waals surface area (Å²) in [5.41, 5.74) is 0.958. The molecule has 0 aromatic rings. The molecule has 0 unspecified atom stereocenters. The molecule has 0 fully saturated rings. The molecule has 0 aromatic heterocycles. The fraction of sp³-hybridized carbons (Fsp3) is 0.714. The maximum absolute atomic E-state index is 8.64. The fourth-order valence-corrected chi connectivity index (χ4v) is 0.643. The summed E-state index contributed by atoms with van der Waals surface area (Å²) in [7, 11) is 1.62. The van der Waals surface area contributed by atoms with Crippen LogP contribution >= 0.6 is 0 Å². The standard InChI is InChI=1S/C7H14O2/c1-3-4-7(5-8)6-9-2/h4,8H,3,5-6H2,1-2H3/b7-4-. The van der Waals surface area contributed by atoms with Crippen molar-refractivity contribution in [1.82, 2.24) is 0 Å². The van der Waals surface area contributed by atoms with E-state index in [1.165, 1.54) is 0 Å². The van der Waals surface area contributed by atoms with Gasteiger partial charge in [-0.1, -0.05) is 13.0 Å². The molecule has 9 heavy (non-hydrogen) atoms. The molecule has 0 bridgehead atoms. The smallest absolute Gasteiger partial charge is 0.0695 e. The molecule has 0 saturated heterocycles. The summed E-state index contributed by atoms with van der Waals surface area (Å²) in [4.78, 5) is 0. The maximum Gasteiger partial charge on any atom is 0.0695 e. The van der Waals surface area contributed by atoms with Crippen molar-refractivity contribution in [1.29, 1.82) is 0 Å². The first-order valence-corrected chi connectivity index (χ1v) is 3.12. The summed E-state index contributed by atoms with van der Waals surface area (Å²) in [5.74, 6) is 0. The van der Waals surface area contributed by atoms with Gasteiger partial charge in [0.2, 0.25) is 0 Å². The predicted octanol–water partition coefficient (Wildman–Crippen LogP) is 0.962. The second-order valence-corrected chi connectivity index (χ2v) is 1.86. The first kappa shape index (κ1) is 8.66. The molecule has 0 heterocycles. The minimum atomic E-state index is 0.113. The zero-order valence-electron chi connectivity index (χ0n) is 6.05. The van der Waals surface area contributed by atoms with Crippen molar-refractivity contribution in [3.63, 3.8) is 0 Å². The lowest BCUT2D eigenvalue weighted by molar-refractivity contribution is 0.207. The van der Waals surface area contributed by atoms with Crippen LogP contribution in [0.5, 0.6) is 0 Å². The van der Waals surface area contributed by atoms with Crippen LogP contribution in [0.2, 0.25) is 0 Å². The van der Waals surface area contributed by atoms with E-state index in [1.54, 1.807) is 7.11 Å². The van der Waals surface area contributed by atoms with Crippen LogP contribution in [0.3, 0.4) is 0 Å². The van der Waals surface area contributed by atoms with Crippen molar-refractivity contribution < 1.29 is 9.84 Å². The minimum absolute atomic E-state index is 0.113. The molecule has 0 aliphatic carbocycles. The van der Waals surface area contributed by atoms with Crippen LogP contribution in [0.15, 0.2) is 11.6 Å². The number of aliphatic hydroxyl groups excluding tert-OH is 1. The second-order valence-electron chi connectivity index (χ2n) is 1.86. The van der Waals surface area contributed by atoms with Gasteiger partial charge in [-0.05, 0) is 12.0 Å². The molecule has 0 aromatic carbocycles. The van der Waals surface area contributed by atoms with E-state index < -0.39 is 0 Å². The van der Waals surface area contributed by atoms with Gasteiger partial charge in [-0.15, -0.1) is 0 Å². The van der Waals surface area contributed by atoms with Gasteiger partial charge in [0.05, 0.1) is 13.2 Å². The summed E-state index contributed by atoms with van der Waals surface area (Å²) in [6, 6.07) is 0. The Kier molecular flexibility index (Phi) is 5.57. The highest BCUT2D eigenvalue weighted by atomic mass is 16.5. The Hall–Kier alpha value is -0.340. The molecule has 0 aliphatic heterocycles. The minimum Gasteiger partial charge on any atom is -0.392 e. The fourth-order valence-electron chi connectivity index (χ4n) is 0.643. The quantitative estimate of drug-likeness (QED) is 0.574. The number of hydrogen-bond donors (Lipinski definition) is 1. The van der Waals surface area contributed by atoms with E-state index in [4.69, 9.17) is 9.84 Å². The molecule has 0 rings (SSSR count). The van der Waals surface area contributed by atoms with Crippen LogP contribution < -0.4 is 0 Å². The third kappa shape index (κ3) is 4.18. The molecule has 0 radical (unpaired) electrons. The zero-order chi connectivity index (χ0) is 7.11. The van der Waals surface area contributed by atoms with Gasteiger partial charge in [0.15, 0.2) is 0 Å². The molecule has 1 N–H and O–H groups in total. The average Bonchev–Trinajstić information content (AvgIpc) is 1.88. The lowest BCUT2D eigenvalue weighted by atomic mass is 10.2. The first-order valence-electron chi connectivity index (χ1n) is 3.12. The van der Waals surface area contributed by atoms with E-state index in [9.17, 15) is 0 Å². The zero-order valence-corrected chi connectivity index (χ0v) is 6.05. The van der Waals surface area contributed by atoms with Crippen LogP contribution in [-0.2, 0) is 4.74 Å². The third-order valence-corrected chi connectivity index (χ3v) is 1.03. The van der Waals surface area contributed by atoms with Gasteiger partial charge in [-0.25, -0.2) is 0 Å². The third-order valence-electron chi connectivity index (χ3n) is 1.03. The van der Waals surface area contributed by atoms with Crippen molar-refractivity contribution in [3.05, 3.63) is 11.6 Å². The van der Waals surface area contributed by atoms with E-state index in [0.717, 1.165) is 12.0 Å². The molecule has 0 spiro atoms. The van der Waals surface area contributed by atoms with E-state index in [-0.39, 0.29) is 6.61 Å². The number of allylic oxidation sites excluding steroid dienone is 1. The maximum atomic E-state index is 8.64. The SMILES string of the molecule is CC/C=C(/CO)COC. The van der Waals surface area contributed by atoms with Crippen LogP contribution in [0.1, 0.15) is 13.3 Å². The molecule has 2 nitrogen and oxygen atoms in total. The first-order chi connectivity index (χ1) is 4.35. The Morgan fingerprint density at radius 1 is 1.67 bits per heavy atom. The van der Waals surface area contributed by atoms with E-state index in [2.05, 4.69) is 0 Å². The van der Waals surface area contributed by atoms with Crippen LogP contribution in [0.25, 0.3) is 0 Å². The lowest BCUT2D eigenvalue weighted by Crippen LogP contribution is -1.98. The number of methoxy groups -OCH3 is 1. The van der Waals surface area contributed by atoms with E-state index in [0.29, 0.717) is 6.61 Å². The number of rotatable bonds is 4. The summed E-state index contributed by atoms with van der Waals surface area (Å²) < 4.78 is 4.82.